The van der Waals surface area contributed by atoms with E-state index < -0.39 is 11.3 Å². The summed E-state index contributed by atoms with van der Waals surface area (Å²) in [6.07, 6.45) is 1.70. The van der Waals surface area contributed by atoms with Gasteiger partial charge in [-0.2, -0.15) is 0 Å². The number of nitrogens with zero attached hydrogens (tertiary/aromatic N) is 3. The molecule has 3 amide bonds. The number of rotatable bonds is 11. The van der Waals surface area contributed by atoms with Crippen molar-refractivity contribution in [3.63, 3.8) is 0 Å². The zero-order chi connectivity index (χ0) is 29.5. The molecule has 2 aliphatic rings. The lowest BCUT2D eigenvalue weighted by atomic mass is 10.1. The van der Waals surface area contributed by atoms with Crippen molar-refractivity contribution in [2.75, 3.05) is 19.0 Å². The third-order valence-electron chi connectivity index (χ3n) is 7.05. The van der Waals surface area contributed by atoms with E-state index in [-0.39, 0.29) is 30.6 Å². The van der Waals surface area contributed by atoms with Crippen LogP contribution in [0.3, 0.4) is 0 Å². The van der Waals surface area contributed by atoms with E-state index in [1.165, 1.54) is 16.7 Å². The summed E-state index contributed by atoms with van der Waals surface area (Å²) < 4.78 is 5.37. The Kier molecular flexibility index (Phi) is 9.33. The lowest BCUT2D eigenvalue weighted by Crippen LogP contribution is -2.42. The lowest BCUT2D eigenvalue weighted by Gasteiger charge is -2.27. The van der Waals surface area contributed by atoms with Crippen molar-refractivity contribution in [2.24, 2.45) is 9.98 Å². The highest BCUT2D eigenvalue weighted by Crippen LogP contribution is 2.36. The van der Waals surface area contributed by atoms with Gasteiger partial charge in [-0.3, -0.25) is 19.4 Å². The van der Waals surface area contributed by atoms with E-state index in [9.17, 15) is 14.4 Å². The van der Waals surface area contributed by atoms with E-state index in [1.54, 1.807) is 19.2 Å². The maximum Gasteiger partial charge on any atom is 0.259 e. The third kappa shape index (κ3) is 6.54. The summed E-state index contributed by atoms with van der Waals surface area (Å²) in [4.78, 5) is 50.5. The van der Waals surface area contributed by atoms with Gasteiger partial charge in [-0.15, -0.1) is 0 Å². The van der Waals surface area contributed by atoms with Crippen LogP contribution in [0.5, 0.6) is 5.75 Å². The van der Waals surface area contributed by atoms with E-state index in [1.807, 2.05) is 73.7 Å². The van der Waals surface area contributed by atoms with Crippen LogP contribution in [0.2, 0.25) is 0 Å². The number of methoxy groups -OCH3 is 1. The summed E-state index contributed by atoms with van der Waals surface area (Å²) in [7, 11) is 1.55. The normalized spacial score (nSPS) is 16.1. The summed E-state index contributed by atoms with van der Waals surface area (Å²) in [6.45, 7) is 2.44. The van der Waals surface area contributed by atoms with Crippen LogP contribution in [-0.4, -0.2) is 58.6 Å². The summed E-state index contributed by atoms with van der Waals surface area (Å²) in [6, 6.07) is 24.0. The molecule has 42 heavy (non-hydrogen) atoms. The van der Waals surface area contributed by atoms with Crippen LogP contribution in [0.1, 0.15) is 37.3 Å². The van der Waals surface area contributed by atoms with E-state index in [0.29, 0.717) is 41.1 Å². The summed E-state index contributed by atoms with van der Waals surface area (Å²) in [5.41, 5.74) is 3.15. The van der Waals surface area contributed by atoms with Crippen molar-refractivity contribution < 1.29 is 19.1 Å². The second-order valence-electron chi connectivity index (χ2n) is 9.88. The van der Waals surface area contributed by atoms with Crippen LogP contribution in [0.15, 0.2) is 88.8 Å². The zero-order valence-electron chi connectivity index (χ0n) is 23.6. The van der Waals surface area contributed by atoms with E-state index >= 15 is 0 Å². The number of hydrogen-bond donors (Lipinski definition) is 2. The van der Waals surface area contributed by atoms with Gasteiger partial charge in [0.25, 0.3) is 5.91 Å². The van der Waals surface area contributed by atoms with Crippen molar-refractivity contribution >= 4 is 51.9 Å². The Bertz CT molecular complexity index is 1520. The first-order chi connectivity index (χ1) is 20.5. The number of nitrogens with one attached hydrogen (secondary N) is 2. The highest BCUT2D eigenvalue weighted by molar-refractivity contribution is 8.15. The number of amides is 3. The molecule has 0 aromatic heterocycles. The fraction of sp³-hybridized carbons (Fsp3) is 0.281. The van der Waals surface area contributed by atoms with Crippen LogP contribution < -0.4 is 15.4 Å². The van der Waals surface area contributed by atoms with Gasteiger partial charge in [0.15, 0.2) is 5.17 Å². The van der Waals surface area contributed by atoms with Gasteiger partial charge >= 0.3 is 0 Å². The average Bonchev–Trinajstić information content (AvgIpc) is 3.35. The minimum Gasteiger partial charge on any atom is -0.495 e. The predicted octanol–water partition coefficient (Wildman–Crippen LogP) is 4.94. The quantitative estimate of drug-likeness (QED) is 0.332. The molecule has 10 heteroatoms. The Hall–Kier alpha value is -4.44. The van der Waals surface area contributed by atoms with Crippen molar-refractivity contribution in [1.82, 2.24) is 10.2 Å². The smallest absolute Gasteiger partial charge is 0.259 e. The second-order valence-corrected chi connectivity index (χ2v) is 11.1. The molecule has 0 saturated heterocycles. The number of fused-ring (bicyclic) bond motifs is 3. The molecule has 2 heterocycles. The standard InChI is InChI=1S/C32H33N5O4S/c1-3-27(30(39)35-24-15-9-10-16-26(24)41-2)42-32-36-23-14-8-7-13-22(23)29-34-25(31(40)37(29)32)17-18-28(38)33-20-19-21-11-5-4-6-12-21/h4-16,25,27H,3,17-20H2,1-2H3,(H,33,38)(H,35,39)/t25-,27+/m1/s1. The van der Waals surface area contributed by atoms with Crippen LogP contribution >= 0.6 is 11.8 Å². The third-order valence-corrected chi connectivity index (χ3v) is 8.36. The van der Waals surface area contributed by atoms with Crippen molar-refractivity contribution in [3.8, 4) is 5.75 Å². The monoisotopic (exact) mass is 583 g/mol. The zero-order valence-corrected chi connectivity index (χ0v) is 24.4. The maximum absolute atomic E-state index is 13.7. The first-order valence-electron chi connectivity index (χ1n) is 14.0. The average molecular weight is 584 g/mol. The van der Waals surface area contributed by atoms with Gasteiger partial charge in [-0.25, -0.2) is 9.89 Å². The fourth-order valence-electron chi connectivity index (χ4n) is 4.83. The minimum absolute atomic E-state index is 0.119. The highest BCUT2D eigenvalue weighted by Gasteiger charge is 2.42. The number of carbonyl (C=O) groups is 3. The fourth-order valence-corrected chi connectivity index (χ4v) is 5.85. The number of para-hydroxylation sites is 3. The number of carbonyl (C=O) groups excluding carboxylic acids is 3. The van der Waals surface area contributed by atoms with E-state index in [4.69, 9.17) is 14.7 Å². The molecule has 0 radical (unpaired) electrons. The second kappa shape index (κ2) is 13.5. The van der Waals surface area contributed by atoms with Crippen molar-refractivity contribution in [2.45, 2.75) is 43.9 Å². The molecule has 0 unspecified atom stereocenters. The molecular weight excluding hydrogens is 550 g/mol. The number of amidine groups is 2. The Balaban J connectivity index is 1.27. The number of benzene rings is 3. The van der Waals surface area contributed by atoms with Crippen LogP contribution in [-0.2, 0) is 20.8 Å². The predicted molar refractivity (Wildman–Crippen MR) is 166 cm³/mol. The van der Waals surface area contributed by atoms with Gasteiger partial charge in [0.2, 0.25) is 11.8 Å². The molecule has 2 N–H and O–H groups in total. The van der Waals surface area contributed by atoms with E-state index in [0.717, 1.165) is 17.5 Å². The van der Waals surface area contributed by atoms with Crippen LogP contribution in [0.25, 0.3) is 0 Å². The molecule has 0 bridgehead atoms. The molecule has 5 rings (SSSR count). The molecule has 0 saturated carbocycles. The number of aliphatic imine (C=N–C) groups is 2. The molecule has 9 nitrogen and oxygen atoms in total. The van der Waals surface area contributed by atoms with Gasteiger partial charge in [0.1, 0.15) is 17.6 Å². The summed E-state index contributed by atoms with van der Waals surface area (Å²) in [5.74, 6) is 0.477. The molecule has 2 atom stereocenters. The van der Waals surface area contributed by atoms with Crippen LogP contribution in [0.4, 0.5) is 11.4 Å². The largest absolute Gasteiger partial charge is 0.495 e. The summed E-state index contributed by atoms with van der Waals surface area (Å²) in [5, 5.41) is 5.75. The first kappa shape index (κ1) is 29.1. The molecule has 0 aliphatic carbocycles. The lowest BCUT2D eigenvalue weighted by molar-refractivity contribution is -0.125. The molecule has 3 aromatic rings. The molecular formula is C32H33N5O4S. The van der Waals surface area contributed by atoms with Gasteiger partial charge in [-0.05, 0) is 49.1 Å². The van der Waals surface area contributed by atoms with Crippen molar-refractivity contribution in [3.05, 3.63) is 90.0 Å². The highest BCUT2D eigenvalue weighted by atomic mass is 32.2. The molecule has 2 aliphatic heterocycles. The van der Waals surface area contributed by atoms with Gasteiger partial charge in [0, 0.05) is 18.5 Å². The van der Waals surface area contributed by atoms with Gasteiger partial charge in [0.05, 0.1) is 23.7 Å². The van der Waals surface area contributed by atoms with E-state index in [2.05, 4.69) is 10.6 Å². The number of anilines is 1. The Labute approximate surface area is 249 Å². The van der Waals surface area contributed by atoms with Crippen LogP contribution in [0, 0.1) is 0 Å². The number of ether oxygens (including phenoxy) is 1. The minimum atomic E-state index is -0.709. The summed E-state index contributed by atoms with van der Waals surface area (Å²) >= 11 is 1.23. The molecule has 0 fully saturated rings. The molecule has 3 aromatic carbocycles. The van der Waals surface area contributed by atoms with Gasteiger partial charge < -0.3 is 15.4 Å². The number of hydrogen-bond acceptors (Lipinski definition) is 7. The molecule has 216 valence electrons. The molecule has 0 spiro atoms. The maximum atomic E-state index is 13.7. The van der Waals surface area contributed by atoms with Gasteiger partial charge in [-0.1, -0.05) is 73.3 Å². The SMILES string of the molecule is CC[C@H](SC1=Nc2ccccc2C2=N[C@H](CCC(=O)NCCc3ccccc3)C(=O)N12)C(=O)Nc1ccccc1OC. The van der Waals surface area contributed by atoms with Crippen molar-refractivity contribution in [1.29, 1.82) is 0 Å². The Morgan fingerprint density at radius 2 is 1.76 bits per heavy atom. The number of thioether (sulfide) groups is 1. The topological polar surface area (TPSA) is 112 Å². The Morgan fingerprint density at radius 1 is 1.02 bits per heavy atom. The Morgan fingerprint density at radius 3 is 2.55 bits per heavy atom. The first-order valence-corrected chi connectivity index (χ1v) is 14.9.